The van der Waals surface area contributed by atoms with Crippen molar-refractivity contribution in [1.82, 2.24) is 0 Å². The third kappa shape index (κ3) is 2.72. The first-order chi connectivity index (χ1) is 6.24. The molecule has 0 bridgehead atoms. The van der Waals surface area contributed by atoms with Gasteiger partial charge in [0.2, 0.25) is 0 Å². The number of benzene rings is 1. The van der Waals surface area contributed by atoms with Crippen molar-refractivity contribution in [1.29, 1.82) is 0 Å². The first-order valence-corrected chi connectivity index (χ1v) is 3.94. The number of aromatic carboxylic acids is 1. The van der Waals surface area contributed by atoms with Gasteiger partial charge in [-0.15, -0.1) is 0 Å². The topological polar surface area (TPSA) is 63.3 Å². The molecule has 1 aromatic rings. The third-order valence-electron chi connectivity index (χ3n) is 1.60. The van der Waals surface area contributed by atoms with Crippen molar-refractivity contribution < 1.29 is 9.90 Å². The Kier molecular flexibility index (Phi) is 3.23. The van der Waals surface area contributed by atoms with Gasteiger partial charge < -0.3 is 10.8 Å². The maximum Gasteiger partial charge on any atom is 0.335 e. The van der Waals surface area contributed by atoms with E-state index in [9.17, 15) is 4.79 Å². The van der Waals surface area contributed by atoms with Crippen LogP contribution in [0.4, 0.5) is 0 Å². The molecule has 1 aromatic carbocycles. The van der Waals surface area contributed by atoms with Crippen LogP contribution in [-0.4, -0.2) is 17.6 Å². The van der Waals surface area contributed by atoms with E-state index >= 15 is 0 Å². The summed E-state index contributed by atoms with van der Waals surface area (Å²) < 4.78 is 0. The van der Waals surface area contributed by atoms with Gasteiger partial charge in [0.1, 0.15) is 0 Å². The zero-order chi connectivity index (χ0) is 9.68. The summed E-state index contributed by atoms with van der Waals surface area (Å²) >= 11 is 0. The SMILES string of the molecule is NCC=Cc1ccc(C(=O)O)cc1. The second-order valence-corrected chi connectivity index (χ2v) is 2.57. The van der Waals surface area contributed by atoms with Gasteiger partial charge in [-0.1, -0.05) is 24.3 Å². The Balaban J connectivity index is 2.81. The molecule has 13 heavy (non-hydrogen) atoms. The highest BCUT2D eigenvalue weighted by molar-refractivity contribution is 5.87. The van der Waals surface area contributed by atoms with Crippen LogP contribution < -0.4 is 5.73 Å². The van der Waals surface area contributed by atoms with E-state index in [4.69, 9.17) is 10.8 Å². The lowest BCUT2D eigenvalue weighted by Gasteiger charge is -1.95. The lowest BCUT2D eigenvalue weighted by molar-refractivity contribution is 0.0697. The molecule has 0 aliphatic rings. The number of carboxylic acids is 1. The van der Waals surface area contributed by atoms with Crippen molar-refractivity contribution in [2.45, 2.75) is 0 Å². The summed E-state index contributed by atoms with van der Waals surface area (Å²) in [5, 5.41) is 8.61. The van der Waals surface area contributed by atoms with E-state index in [0.717, 1.165) is 5.56 Å². The molecule has 1 rings (SSSR count). The number of rotatable bonds is 3. The van der Waals surface area contributed by atoms with Crippen molar-refractivity contribution in [3.63, 3.8) is 0 Å². The number of nitrogens with two attached hydrogens (primary N) is 1. The highest BCUT2D eigenvalue weighted by Gasteiger charge is 1.99. The van der Waals surface area contributed by atoms with Crippen molar-refractivity contribution in [3.05, 3.63) is 41.5 Å². The summed E-state index contributed by atoms with van der Waals surface area (Å²) in [6.07, 6.45) is 3.67. The number of carbonyl (C=O) groups is 1. The number of hydrogen-bond donors (Lipinski definition) is 2. The van der Waals surface area contributed by atoms with Crippen LogP contribution in [0.3, 0.4) is 0 Å². The fraction of sp³-hybridized carbons (Fsp3) is 0.100. The summed E-state index contributed by atoms with van der Waals surface area (Å²) in [5.74, 6) is -0.908. The van der Waals surface area contributed by atoms with E-state index in [1.807, 2.05) is 12.2 Å². The van der Waals surface area contributed by atoms with Crippen LogP contribution in [-0.2, 0) is 0 Å². The van der Waals surface area contributed by atoms with E-state index in [1.165, 1.54) is 0 Å². The second kappa shape index (κ2) is 4.42. The van der Waals surface area contributed by atoms with Crippen LogP contribution >= 0.6 is 0 Å². The second-order valence-electron chi connectivity index (χ2n) is 2.57. The molecule has 0 radical (unpaired) electrons. The summed E-state index contributed by atoms with van der Waals surface area (Å²) in [4.78, 5) is 10.5. The Hall–Kier alpha value is -1.61. The summed E-state index contributed by atoms with van der Waals surface area (Å²) in [7, 11) is 0. The molecule has 3 nitrogen and oxygen atoms in total. The molecular weight excluding hydrogens is 166 g/mol. The maximum absolute atomic E-state index is 10.5. The molecule has 0 heterocycles. The fourth-order valence-electron chi connectivity index (χ4n) is 0.941. The van der Waals surface area contributed by atoms with Crippen LogP contribution in [0.15, 0.2) is 30.3 Å². The Labute approximate surface area is 76.5 Å². The van der Waals surface area contributed by atoms with Crippen molar-refractivity contribution >= 4 is 12.0 Å². The van der Waals surface area contributed by atoms with Crippen LogP contribution in [0.2, 0.25) is 0 Å². The maximum atomic E-state index is 10.5. The van der Waals surface area contributed by atoms with Crippen LogP contribution in [0.5, 0.6) is 0 Å². The summed E-state index contributed by atoms with van der Waals surface area (Å²) in [6.45, 7) is 0.487. The molecule has 3 heteroatoms. The minimum Gasteiger partial charge on any atom is -0.478 e. The Bertz CT molecular complexity index is 314. The van der Waals surface area contributed by atoms with Crippen molar-refractivity contribution in [2.24, 2.45) is 5.73 Å². The number of hydrogen-bond acceptors (Lipinski definition) is 2. The predicted molar refractivity (Wildman–Crippen MR) is 51.5 cm³/mol. The standard InChI is InChI=1S/C10H11NO2/c11-7-1-2-8-3-5-9(6-4-8)10(12)13/h1-6H,7,11H2,(H,12,13). The van der Waals surface area contributed by atoms with E-state index < -0.39 is 5.97 Å². The summed E-state index contributed by atoms with van der Waals surface area (Å²) in [5.41, 5.74) is 6.52. The average molecular weight is 177 g/mol. The van der Waals surface area contributed by atoms with Gasteiger partial charge in [0, 0.05) is 6.54 Å². The first kappa shape index (κ1) is 9.48. The minimum atomic E-state index is -0.908. The van der Waals surface area contributed by atoms with Gasteiger partial charge in [-0.25, -0.2) is 4.79 Å². The molecule has 0 fully saturated rings. The predicted octanol–water partition coefficient (Wildman–Crippen LogP) is 1.36. The molecule has 3 N–H and O–H groups in total. The molecule has 0 amide bonds. The van der Waals surface area contributed by atoms with Crippen LogP contribution in [0, 0.1) is 0 Å². The first-order valence-electron chi connectivity index (χ1n) is 3.94. The molecule has 68 valence electrons. The van der Waals surface area contributed by atoms with Gasteiger partial charge in [0.05, 0.1) is 5.56 Å². The van der Waals surface area contributed by atoms with Crippen molar-refractivity contribution in [3.8, 4) is 0 Å². The van der Waals surface area contributed by atoms with Gasteiger partial charge in [-0.2, -0.15) is 0 Å². The third-order valence-corrected chi connectivity index (χ3v) is 1.60. The van der Waals surface area contributed by atoms with E-state index in [1.54, 1.807) is 24.3 Å². The zero-order valence-electron chi connectivity index (χ0n) is 7.10. The molecule has 0 unspecified atom stereocenters. The molecule has 0 spiro atoms. The Morgan fingerprint density at radius 2 is 2.00 bits per heavy atom. The average Bonchev–Trinajstić information content (AvgIpc) is 2.15. The van der Waals surface area contributed by atoms with E-state index in [2.05, 4.69) is 0 Å². The highest BCUT2D eigenvalue weighted by Crippen LogP contribution is 2.05. The van der Waals surface area contributed by atoms with Crippen LogP contribution in [0.1, 0.15) is 15.9 Å². The van der Waals surface area contributed by atoms with Crippen molar-refractivity contribution in [2.75, 3.05) is 6.54 Å². The van der Waals surface area contributed by atoms with E-state index in [0.29, 0.717) is 12.1 Å². The highest BCUT2D eigenvalue weighted by atomic mass is 16.4. The molecule has 0 saturated carbocycles. The largest absolute Gasteiger partial charge is 0.478 e. The minimum absolute atomic E-state index is 0.296. The molecule has 0 saturated heterocycles. The van der Waals surface area contributed by atoms with E-state index in [-0.39, 0.29) is 0 Å². The smallest absolute Gasteiger partial charge is 0.335 e. The van der Waals surface area contributed by atoms with Gasteiger partial charge in [0.15, 0.2) is 0 Å². The molecule has 0 aliphatic carbocycles. The normalized spacial score (nSPS) is 10.5. The molecular formula is C10H11NO2. The van der Waals surface area contributed by atoms with Crippen LogP contribution in [0.25, 0.3) is 6.08 Å². The lowest BCUT2D eigenvalue weighted by atomic mass is 10.1. The quantitative estimate of drug-likeness (QED) is 0.732. The molecule has 0 aliphatic heterocycles. The molecule has 0 aromatic heterocycles. The molecule has 0 atom stereocenters. The zero-order valence-corrected chi connectivity index (χ0v) is 7.10. The Morgan fingerprint density at radius 1 is 1.38 bits per heavy atom. The van der Waals surface area contributed by atoms with Gasteiger partial charge in [-0.05, 0) is 17.7 Å². The Morgan fingerprint density at radius 3 is 2.46 bits per heavy atom. The monoisotopic (exact) mass is 177 g/mol. The number of carboxylic acid groups (broad SMARTS) is 1. The van der Waals surface area contributed by atoms with Gasteiger partial charge in [-0.3, -0.25) is 0 Å². The summed E-state index contributed by atoms with van der Waals surface area (Å²) in [6, 6.07) is 6.63. The lowest BCUT2D eigenvalue weighted by Crippen LogP contribution is -1.95. The fourth-order valence-corrected chi connectivity index (χ4v) is 0.941. The van der Waals surface area contributed by atoms with Gasteiger partial charge in [0.25, 0.3) is 0 Å². The van der Waals surface area contributed by atoms with Gasteiger partial charge >= 0.3 is 5.97 Å².